The Bertz CT molecular complexity index is 1230. The van der Waals surface area contributed by atoms with Crippen molar-refractivity contribution in [2.45, 2.75) is 45.6 Å². The fourth-order valence-corrected chi connectivity index (χ4v) is 5.41. The lowest BCUT2D eigenvalue weighted by Gasteiger charge is -2.41. The van der Waals surface area contributed by atoms with Crippen LogP contribution in [0.25, 0.3) is 16.7 Å². The smallest absolute Gasteiger partial charge is 0.354 e. The fourth-order valence-electron chi connectivity index (χ4n) is 5.41. The molecule has 1 N–H and O–H groups in total. The van der Waals surface area contributed by atoms with E-state index in [1.165, 1.54) is 12.1 Å². The molecule has 2 aromatic heterocycles. The highest BCUT2D eigenvalue weighted by Crippen LogP contribution is 2.39. The van der Waals surface area contributed by atoms with Crippen LogP contribution in [0, 0.1) is 12.7 Å². The number of pyridine rings is 1. The first-order valence-corrected chi connectivity index (χ1v) is 12.3. The van der Waals surface area contributed by atoms with Gasteiger partial charge in [0.05, 0.1) is 35.7 Å². The standard InChI is InChI=1S/C26H32FN5O3/c1-16(2)22-21-24(31-10-8-19(9-11-31)30-12-14-35-15-13-30)17(3)23(26(33)34)28-25(21)32(29-22)20-6-4-18(27)5-7-20/h4-7,16,19H,8-15H2,1-3H3,(H,33,34). The van der Waals surface area contributed by atoms with E-state index >= 15 is 0 Å². The van der Waals surface area contributed by atoms with Crippen LogP contribution in [-0.4, -0.2) is 76.2 Å². The van der Waals surface area contributed by atoms with Gasteiger partial charge in [0.25, 0.3) is 0 Å². The third kappa shape index (κ3) is 4.38. The van der Waals surface area contributed by atoms with Crippen molar-refractivity contribution in [3.63, 3.8) is 0 Å². The Kier molecular flexibility index (Phi) is 6.46. The fraction of sp³-hybridized carbons (Fsp3) is 0.500. The topological polar surface area (TPSA) is 83.7 Å². The summed E-state index contributed by atoms with van der Waals surface area (Å²) in [6, 6.07) is 6.55. The number of ether oxygens (including phenoxy) is 1. The Morgan fingerprint density at radius 2 is 1.77 bits per heavy atom. The predicted octanol–water partition coefficient (Wildman–Crippen LogP) is 3.99. The summed E-state index contributed by atoms with van der Waals surface area (Å²) in [6.07, 6.45) is 2.02. The number of carbonyl (C=O) groups is 1. The number of carboxylic acid groups (broad SMARTS) is 1. The summed E-state index contributed by atoms with van der Waals surface area (Å²) in [5, 5.41) is 15.7. The number of halogens is 1. The summed E-state index contributed by atoms with van der Waals surface area (Å²) in [6.45, 7) is 11.2. The number of anilines is 1. The highest BCUT2D eigenvalue weighted by molar-refractivity contribution is 6.01. The molecule has 4 heterocycles. The molecular weight excluding hydrogens is 449 g/mol. The van der Waals surface area contributed by atoms with Crippen molar-refractivity contribution in [3.05, 3.63) is 47.0 Å². The highest BCUT2D eigenvalue weighted by atomic mass is 19.1. The molecule has 0 atom stereocenters. The zero-order valence-electron chi connectivity index (χ0n) is 20.5. The van der Waals surface area contributed by atoms with E-state index in [9.17, 15) is 14.3 Å². The van der Waals surface area contributed by atoms with Crippen LogP contribution < -0.4 is 4.90 Å². The second-order valence-electron chi connectivity index (χ2n) is 9.73. The van der Waals surface area contributed by atoms with E-state index in [-0.39, 0.29) is 17.4 Å². The number of carboxylic acids is 1. The van der Waals surface area contributed by atoms with Gasteiger partial charge in [0.1, 0.15) is 5.82 Å². The van der Waals surface area contributed by atoms with Gasteiger partial charge in [0.2, 0.25) is 0 Å². The third-order valence-electron chi connectivity index (χ3n) is 7.22. The zero-order valence-corrected chi connectivity index (χ0v) is 20.5. The minimum Gasteiger partial charge on any atom is -0.476 e. The van der Waals surface area contributed by atoms with Crippen molar-refractivity contribution >= 4 is 22.7 Å². The minimum atomic E-state index is -1.06. The number of aromatic nitrogens is 3. The van der Waals surface area contributed by atoms with E-state index in [1.54, 1.807) is 16.8 Å². The first-order valence-electron chi connectivity index (χ1n) is 12.3. The molecule has 2 aliphatic heterocycles. The van der Waals surface area contributed by atoms with Gasteiger partial charge in [-0.15, -0.1) is 0 Å². The van der Waals surface area contributed by atoms with Crippen LogP contribution in [-0.2, 0) is 4.74 Å². The lowest BCUT2D eigenvalue weighted by atomic mass is 9.98. The van der Waals surface area contributed by atoms with Gasteiger partial charge in [-0.1, -0.05) is 13.8 Å². The van der Waals surface area contributed by atoms with Crippen molar-refractivity contribution in [1.29, 1.82) is 0 Å². The lowest BCUT2D eigenvalue weighted by Crippen LogP contribution is -2.49. The average Bonchev–Trinajstić information content (AvgIpc) is 3.24. The molecule has 0 amide bonds. The summed E-state index contributed by atoms with van der Waals surface area (Å²) < 4.78 is 20.8. The van der Waals surface area contributed by atoms with E-state index in [2.05, 4.69) is 28.6 Å². The quantitative estimate of drug-likeness (QED) is 0.590. The predicted molar refractivity (Wildman–Crippen MR) is 132 cm³/mol. The summed E-state index contributed by atoms with van der Waals surface area (Å²) in [4.78, 5) is 21.6. The van der Waals surface area contributed by atoms with Crippen LogP contribution in [0.2, 0.25) is 0 Å². The van der Waals surface area contributed by atoms with E-state index in [4.69, 9.17) is 9.84 Å². The van der Waals surface area contributed by atoms with Gasteiger partial charge in [-0.3, -0.25) is 4.90 Å². The molecule has 8 nitrogen and oxygen atoms in total. The van der Waals surface area contributed by atoms with Crippen LogP contribution in [0.4, 0.5) is 10.1 Å². The average molecular weight is 482 g/mol. The molecule has 0 spiro atoms. The molecule has 186 valence electrons. The molecule has 0 saturated carbocycles. The number of rotatable bonds is 5. The normalized spacial score (nSPS) is 18.0. The molecule has 3 aromatic rings. The van der Waals surface area contributed by atoms with E-state index < -0.39 is 5.97 Å². The summed E-state index contributed by atoms with van der Waals surface area (Å²) in [7, 11) is 0. The van der Waals surface area contributed by atoms with Crippen LogP contribution >= 0.6 is 0 Å². The Morgan fingerprint density at radius 3 is 2.37 bits per heavy atom. The van der Waals surface area contributed by atoms with Crippen molar-refractivity contribution < 1.29 is 19.0 Å². The molecule has 0 bridgehead atoms. The maximum Gasteiger partial charge on any atom is 0.354 e. The van der Waals surface area contributed by atoms with Gasteiger partial charge < -0.3 is 14.7 Å². The van der Waals surface area contributed by atoms with Gasteiger partial charge in [0.15, 0.2) is 11.3 Å². The maximum absolute atomic E-state index is 13.6. The van der Waals surface area contributed by atoms with Gasteiger partial charge in [-0.25, -0.2) is 18.9 Å². The third-order valence-corrected chi connectivity index (χ3v) is 7.22. The van der Waals surface area contributed by atoms with Crippen molar-refractivity contribution in [2.75, 3.05) is 44.3 Å². The molecule has 0 radical (unpaired) electrons. The summed E-state index contributed by atoms with van der Waals surface area (Å²) in [5.74, 6) is -1.30. The molecule has 0 unspecified atom stereocenters. The highest BCUT2D eigenvalue weighted by Gasteiger charge is 2.31. The number of hydrogen-bond acceptors (Lipinski definition) is 6. The Hall–Kier alpha value is -3.04. The van der Waals surface area contributed by atoms with Crippen LogP contribution in [0.3, 0.4) is 0 Å². The number of piperidine rings is 1. The van der Waals surface area contributed by atoms with Gasteiger partial charge in [-0.2, -0.15) is 5.10 Å². The van der Waals surface area contributed by atoms with Crippen molar-refractivity contribution in [1.82, 2.24) is 19.7 Å². The molecule has 5 rings (SSSR count). The molecule has 0 aliphatic carbocycles. The van der Waals surface area contributed by atoms with Crippen LogP contribution in [0.15, 0.2) is 24.3 Å². The van der Waals surface area contributed by atoms with Crippen molar-refractivity contribution in [2.24, 2.45) is 0 Å². The largest absolute Gasteiger partial charge is 0.476 e. The maximum atomic E-state index is 13.6. The number of fused-ring (bicyclic) bond motifs is 1. The van der Waals surface area contributed by atoms with Crippen LogP contribution in [0.5, 0.6) is 0 Å². The second kappa shape index (κ2) is 9.54. The number of benzene rings is 1. The second-order valence-corrected chi connectivity index (χ2v) is 9.73. The van der Waals surface area contributed by atoms with Crippen molar-refractivity contribution in [3.8, 4) is 5.69 Å². The number of aromatic carboxylic acids is 1. The Labute approximate surface area is 204 Å². The van der Waals surface area contributed by atoms with Crippen LogP contribution in [0.1, 0.15) is 54.4 Å². The molecule has 9 heteroatoms. The minimum absolute atomic E-state index is 0.0290. The SMILES string of the molecule is Cc1c(C(=O)O)nc2c(c(C(C)C)nn2-c2ccc(F)cc2)c1N1CCC(N2CCOCC2)CC1. The first-order chi connectivity index (χ1) is 16.8. The monoisotopic (exact) mass is 481 g/mol. The Morgan fingerprint density at radius 1 is 1.11 bits per heavy atom. The zero-order chi connectivity index (χ0) is 24.7. The molecule has 2 fully saturated rings. The van der Waals surface area contributed by atoms with Gasteiger partial charge in [0, 0.05) is 37.8 Å². The number of morpholine rings is 1. The molecule has 35 heavy (non-hydrogen) atoms. The van der Waals surface area contributed by atoms with Gasteiger partial charge >= 0.3 is 5.97 Å². The molecule has 2 aliphatic rings. The van der Waals surface area contributed by atoms with E-state index in [0.29, 0.717) is 22.9 Å². The number of nitrogens with zero attached hydrogens (tertiary/aromatic N) is 5. The van der Waals surface area contributed by atoms with E-state index in [1.807, 2.05) is 6.92 Å². The number of hydrogen-bond donors (Lipinski definition) is 1. The Balaban J connectivity index is 1.61. The lowest BCUT2D eigenvalue weighted by molar-refractivity contribution is 0.0115. The van der Waals surface area contributed by atoms with E-state index in [0.717, 1.165) is 69.0 Å². The summed E-state index contributed by atoms with van der Waals surface area (Å²) >= 11 is 0. The summed E-state index contributed by atoms with van der Waals surface area (Å²) in [5.41, 5.74) is 3.60. The first kappa shape index (κ1) is 23.7. The molecular formula is C26H32FN5O3. The molecule has 1 aromatic carbocycles. The van der Waals surface area contributed by atoms with Gasteiger partial charge in [-0.05, 0) is 49.9 Å². The molecule has 2 saturated heterocycles.